The van der Waals surface area contributed by atoms with Crippen LogP contribution < -0.4 is 10.5 Å². The van der Waals surface area contributed by atoms with Gasteiger partial charge in [-0.1, -0.05) is 19.0 Å². The molecule has 1 fully saturated rings. The molecular formula is C14H21N3O2. The molecule has 1 aromatic rings. The van der Waals surface area contributed by atoms with Crippen LogP contribution in [0.4, 0.5) is 0 Å². The van der Waals surface area contributed by atoms with Gasteiger partial charge in [-0.05, 0) is 37.2 Å². The summed E-state index contributed by atoms with van der Waals surface area (Å²) in [5.74, 6) is 2.17. The average molecular weight is 263 g/mol. The van der Waals surface area contributed by atoms with Crippen LogP contribution in [0.25, 0.3) is 0 Å². The summed E-state index contributed by atoms with van der Waals surface area (Å²) in [6.07, 6.45) is 5.20. The van der Waals surface area contributed by atoms with Crippen LogP contribution in [0, 0.1) is 11.8 Å². The molecule has 104 valence electrons. The minimum absolute atomic E-state index is 0.00363. The lowest BCUT2D eigenvalue weighted by Gasteiger charge is -2.32. The Labute approximate surface area is 113 Å². The number of nitrogens with two attached hydrogens (primary N) is 1. The fraction of sp³-hybridized carbons (Fsp3) is 0.571. The first-order valence-electron chi connectivity index (χ1n) is 6.70. The van der Waals surface area contributed by atoms with E-state index in [2.05, 4.69) is 24.0 Å². The zero-order valence-corrected chi connectivity index (χ0v) is 11.4. The van der Waals surface area contributed by atoms with Gasteiger partial charge in [0.1, 0.15) is 11.4 Å². The predicted molar refractivity (Wildman–Crippen MR) is 73.3 cm³/mol. The molecule has 1 aliphatic carbocycles. The van der Waals surface area contributed by atoms with Gasteiger partial charge in [-0.25, -0.2) is 0 Å². The molecule has 3 N–H and O–H groups in total. The fourth-order valence-electron chi connectivity index (χ4n) is 2.47. The van der Waals surface area contributed by atoms with Crippen molar-refractivity contribution in [2.24, 2.45) is 22.7 Å². The zero-order valence-electron chi connectivity index (χ0n) is 11.4. The van der Waals surface area contributed by atoms with E-state index in [-0.39, 0.29) is 11.9 Å². The van der Waals surface area contributed by atoms with Crippen LogP contribution in [0.2, 0.25) is 0 Å². The maximum Gasteiger partial charge on any atom is 0.188 e. The normalized spacial score (nSPS) is 28.1. The summed E-state index contributed by atoms with van der Waals surface area (Å²) >= 11 is 0. The highest BCUT2D eigenvalue weighted by atomic mass is 16.5. The number of nitrogens with zero attached hydrogens (tertiary/aromatic N) is 2. The molecule has 0 aromatic carbocycles. The summed E-state index contributed by atoms with van der Waals surface area (Å²) in [6, 6.07) is 3.51. The van der Waals surface area contributed by atoms with E-state index >= 15 is 0 Å². The molecule has 0 spiro atoms. The van der Waals surface area contributed by atoms with Gasteiger partial charge in [0.25, 0.3) is 0 Å². The summed E-state index contributed by atoms with van der Waals surface area (Å²) in [7, 11) is 0. The van der Waals surface area contributed by atoms with Gasteiger partial charge < -0.3 is 15.7 Å². The van der Waals surface area contributed by atoms with Gasteiger partial charge in [-0.3, -0.25) is 4.98 Å². The summed E-state index contributed by atoms with van der Waals surface area (Å²) in [5.41, 5.74) is 5.95. The molecule has 1 saturated carbocycles. The molecule has 5 nitrogen and oxygen atoms in total. The molecule has 3 unspecified atom stereocenters. The SMILES string of the molecule is CC1CCC(Oc2ccnc(C(N)=NO)c2)CC1C. The van der Waals surface area contributed by atoms with Gasteiger partial charge in [0.05, 0.1) is 6.10 Å². The van der Waals surface area contributed by atoms with Gasteiger partial charge in [-0.2, -0.15) is 0 Å². The van der Waals surface area contributed by atoms with Crippen molar-refractivity contribution in [1.82, 2.24) is 4.98 Å². The number of aromatic nitrogens is 1. The second kappa shape index (κ2) is 5.91. The Hall–Kier alpha value is -1.78. The Balaban J connectivity index is 2.03. The number of ether oxygens (including phenoxy) is 1. The van der Waals surface area contributed by atoms with Crippen molar-refractivity contribution >= 4 is 5.84 Å². The molecule has 19 heavy (non-hydrogen) atoms. The van der Waals surface area contributed by atoms with Crippen LogP contribution in [0.15, 0.2) is 23.5 Å². The van der Waals surface area contributed by atoms with Crippen LogP contribution >= 0.6 is 0 Å². The van der Waals surface area contributed by atoms with Crippen LogP contribution in [0.5, 0.6) is 5.75 Å². The topological polar surface area (TPSA) is 80.7 Å². The molecule has 0 amide bonds. The van der Waals surface area contributed by atoms with Gasteiger partial charge in [0, 0.05) is 12.3 Å². The minimum atomic E-state index is -0.00363. The summed E-state index contributed by atoms with van der Waals surface area (Å²) in [5, 5.41) is 11.6. The largest absolute Gasteiger partial charge is 0.490 e. The average Bonchev–Trinajstić information content (AvgIpc) is 2.42. The molecule has 0 saturated heterocycles. The maximum atomic E-state index is 8.65. The maximum absolute atomic E-state index is 8.65. The van der Waals surface area contributed by atoms with Crippen molar-refractivity contribution in [3.05, 3.63) is 24.0 Å². The van der Waals surface area contributed by atoms with Crippen LogP contribution in [-0.4, -0.2) is 22.1 Å². The highest BCUT2D eigenvalue weighted by Gasteiger charge is 2.25. The zero-order chi connectivity index (χ0) is 13.8. The first-order valence-corrected chi connectivity index (χ1v) is 6.70. The predicted octanol–water partition coefficient (Wildman–Crippen LogP) is 2.38. The number of pyridine rings is 1. The molecule has 0 bridgehead atoms. The lowest BCUT2D eigenvalue weighted by molar-refractivity contribution is 0.100. The van der Waals surface area contributed by atoms with Crippen molar-refractivity contribution in [2.75, 3.05) is 0 Å². The highest BCUT2D eigenvalue weighted by molar-refractivity contribution is 5.95. The molecule has 5 heteroatoms. The highest BCUT2D eigenvalue weighted by Crippen LogP contribution is 2.31. The van der Waals surface area contributed by atoms with E-state index in [9.17, 15) is 0 Å². The van der Waals surface area contributed by atoms with Gasteiger partial charge in [-0.15, -0.1) is 0 Å². The summed E-state index contributed by atoms with van der Waals surface area (Å²) < 4.78 is 5.98. The third kappa shape index (κ3) is 3.36. The lowest BCUT2D eigenvalue weighted by Crippen LogP contribution is -2.28. The number of rotatable bonds is 3. The van der Waals surface area contributed by atoms with E-state index in [1.165, 1.54) is 6.42 Å². The molecule has 0 aliphatic heterocycles. The van der Waals surface area contributed by atoms with Gasteiger partial charge in [0.2, 0.25) is 0 Å². The van der Waals surface area contributed by atoms with Crippen molar-refractivity contribution in [3.63, 3.8) is 0 Å². The Morgan fingerprint density at radius 1 is 1.42 bits per heavy atom. The van der Waals surface area contributed by atoms with Crippen molar-refractivity contribution in [1.29, 1.82) is 0 Å². The summed E-state index contributed by atoms with van der Waals surface area (Å²) in [6.45, 7) is 4.57. The Kier molecular flexibility index (Phi) is 4.24. The Morgan fingerprint density at radius 2 is 2.21 bits per heavy atom. The van der Waals surface area contributed by atoms with E-state index in [0.29, 0.717) is 11.6 Å². The lowest BCUT2D eigenvalue weighted by atomic mass is 9.80. The van der Waals surface area contributed by atoms with Gasteiger partial charge >= 0.3 is 0 Å². The first-order chi connectivity index (χ1) is 9.10. The number of amidine groups is 1. The molecule has 1 aromatic heterocycles. The summed E-state index contributed by atoms with van der Waals surface area (Å²) in [4.78, 5) is 4.03. The molecule has 0 radical (unpaired) electrons. The molecule has 2 rings (SSSR count). The van der Waals surface area contributed by atoms with E-state index in [1.807, 2.05) is 0 Å². The monoisotopic (exact) mass is 263 g/mol. The quantitative estimate of drug-likeness (QED) is 0.380. The third-order valence-corrected chi connectivity index (χ3v) is 3.95. The second-order valence-electron chi connectivity index (χ2n) is 5.37. The Morgan fingerprint density at radius 3 is 2.89 bits per heavy atom. The van der Waals surface area contributed by atoms with Gasteiger partial charge in [0.15, 0.2) is 5.84 Å². The Bertz CT molecular complexity index is 462. The van der Waals surface area contributed by atoms with Crippen molar-refractivity contribution in [2.45, 2.75) is 39.2 Å². The van der Waals surface area contributed by atoms with Crippen LogP contribution in [-0.2, 0) is 0 Å². The number of hydrogen-bond donors (Lipinski definition) is 2. The number of hydrogen-bond acceptors (Lipinski definition) is 4. The van der Waals surface area contributed by atoms with E-state index in [1.54, 1.807) is 18.3 Å². The van der Waals surface area contributed by atoms with E-state index in [4.69, 9.17) is 15.7 Å². The van der Waals surface area contributed by atoms with Crippen molar-refractivity contribution < 1.29 is 9.94 Å². The standard InChI is InChI=1S/C14H21N3O2/c1-9-3-4-11(7-10(9)2)19-12-5-6-16-13(8-12)14(15)17-18/h5-6,8-11,18H,3-4,7H2,1-2H3,(H2,15,17). The minimum Gasteiger partial charge on any atom is -0.490 e. The number of oxime groups is 1. The third-order valence-electron chi connectivity index (χ3n) is 3.95. The fourth-order valence-corrected chi connectivity index (χ4v) is 2.47. The molecule has 1 heterocycles. The van der Waals surface area contributed by atoms with E-state index in [0.717, 1.165) is 24.5 Å². The van der Waals surface area contributed by atoms with Crippen molar-refractivity contribution in [3.8, 4) is 5.75 Å². The van der Waals surface area contributed by atoms with E-state index < -0.39 is 0 Å². The molecule has 1 aliphatic rings. The van der Waals surface area contributed by atoms with Crippen LogP contribution in [0.3, 0.4) is 0 Å². The molecule has 3 atom stereocenters. The second-order valence-corrected chi connectivity index (χ2v) is 5.37. The first kappa shape index (κ1) is 13.6. The van der Waals surface area contributed by atoms with Crippen LogP contribution in [0.1, 0.15) is 38.8 Å². The smallest absolute Gasteiger partial charge is 0.188 e. The molecular weight excluding hydrogens is 242 g/mol.